The number of aryl methyl sites for hydroxylation is 2. The van der Waals surface area contributed by atoms with Crippen LogP contribution in [0.25, 0.3) is 10.2 Å². The summed E-state index contributed by atoms with van der Waals surface area (Å²) in [5, 5.41) is 0.469. The average Bonchev–Trinajstić information content (AvgIpc) is 2.91. The van der Waals surface area contributed by atoms with E-state index in [1.54, 1.807) is 28.8 Å². The van der Waals surface area contributed by atoms with E-state index in [0.29, 0.717) is 15.4 Å². The highest BCUT2D eigenvalue weighted by atomic mass is 35.5. The van der Waals surface area contributed by atoms with E-state index in [9.17, 15) is 9.59 Å². The van der Waals surface area contributed by atoms with Crippen LogP contribution in [0.15, 0.2) is 41.4 Å². The fourth-order valence-corrected chi connectivity index (χ4v) is 3.82. The zero-order valence-corrected chi connectivity index (χ0v) is 16.1. The summed E-state index contributed by atoms with van der Waals surface area (Å²) in [6, 6.07) is 10.6. The van der Waals surface area contributed by atoms with Gasteiger partial charge in [-0.25, -0.2) is 0 Å². The minimum absolute atomic E-state index is 0.0132. The normalized spacial score (nSPS) is 11.8. The molecule has 0 aliphatic carbocycles. The predicted octanol–water partition coefficient (Wildman–Crippen LogP) is 3.89. The smallest absolute Gasteiger partial charge is 0.325 e. The van der Waals surface area contributed by atoms with E-state index in [0.717, 1.165) is 21.3 Å². The average molecular weight is 389 g/mol. The molecular weight excluding hydrogens is 372 g/mol. The number of fused-ring (bicyclic) bond motifs is 1. The highest BCUT2D eigenvalue weighted by molar-refractivity contribution is 7.16. The number of carbonyl (C=O) groups excluding carboxylic acids is 2. The number of amides is 1. The molecule has 1 amide bonds. The molecule has 3 aromatic rings. The predicted molar refractivity (Wildman–Crippen MR) is 103 cm³/mol. The number of nitrogens with zero attached hydrogens (tertiary/aromatic N) is 2. The number of thiazole rings is 1. The number of carbonyl (C=O) groups is 2. The Hall–Kier alpha value is -2.44. The third-order valence-corrected chi connectivity index (χ3v) is 5.36. The first-order chi connectivity index (χ1) is 12.4. The van der Waals surface area contributed by atoms with Gasteiger partial charge in [0.2, 0.25) is 0 Å². The minimum Gasteiger partial charge on any atom is -0.468 e. The highest BCUT2D eigenvalue weighted by Gasteiger charge is 2.13. The van der Waals surface area contributed by atoms with E-state index in [1.165, 1.54) is 18.4 Å². The molecule has 0 unspecified atom stereocenters. The fourth-order valence-electron chi connectivity index (χ4n) is 2.53. The van der Waals surface area contributed by atoms with Crippen LogP contribution in [0.1, 0.15) is 21.5 Å². The summed E-state index contributed by atoms with van der Waals surface area (Å²) < 4.78 is 7.45. The van der Waals surface area contributed by atoms with Gasteiger partial charge in [-0.05, 0) is 55.3 Å². The van der Waals surface area contributed by atoms with Gasteiger partial charge < -0.3 is 9.30 Å². The molecule has 0 spiro atoms. The standard InChI is InChI=1S/C19H17ClN2O3S/c1-11-7-15-16(8-12(11)2)26-19(22(15)10-17(23)25-3)21-18(24)13-5-4-6-14(20)9-13/h4-9H,10H2,1-3H3. The van der Waals surface area contributed by atoms with Crippen molar-refractivity contribution in [3.8, 4) is 0 Å². The van der Waals surface area contributed by atoms with Gasteiger partial charge in [0.15, 0.2) is 4.80 Å². The fraction of sp³-hybridized carbons (Fsp3) is 0.211. The van der Waals surface area contributed by atoms with E-state index < -0.39 is 11.9 Å². The number of benzene rings is 2. The zero-order valence-electron chi connectivity index (χ0n) is 14.6. The molecule has 0 N–H and O–H groups in total. The number of hydrogen-bond donors (Lipinski definition) is 0. The summed E-state index contributed by atoms with van der Waals surface area (Å²) in [6.45, 7) is 4.01. The molecule has 0 aliphatic heterocycles. The number of methoxy groups -OCH3 is 1. The Balaban J connectivity index is 2.18. The summed E-state index contributed by atoms with van der Waals surface area (Å²) >= 11 is 7.31. The van der Waals surface area contributed by atoms with Crippen molar-refractivity contribution in [2.24, 2.45) is 4.99 Å². The monoisotopic (exact) mass is 388 g/mol. The molecule has 0 radical (unpaired) electrons. The van der Waals surface area contributed by atoms with Crippen LogP contribution in [0.2, 0.25) is 5.02 Å². The largest absolute Gasteiger partial charge is 0.468 e. The lowest BCUT2D eigenvalue weighted by Crippen LogP contribution is -2.22. The molecule has 134 valence electrons. The maximum Gasteiger partial charge on any atom is 0.325 e. The molecule has 1 heterocycles. The number of rotatable bonds is 3. The number of hydrogen-bond acceptors (Lipinski definition) is 4. The van der Waals surface area contributed by atoms with Crippen molar-refractivity contribution in [2.45, 2.75) is 20.4 Å². The number of aromatic nitrogens is 1. The van der Waals surface area contributed by atoms with E-state index in [-0.39, 0.29) is 6.54 Å². The number of ether oxygens (including phenoxy) is 1. The van der Waals surface area contributed by atoms with Crippen molar-refractivity contribution in [3.05, 3.63) is 62.9 Å². The van der Waals surface area contributed by atoms with E-state index in [1.807, 2.05) is 26.0 Å². The second-order valence-electron chi connectivity index (χ2n) is 5.88. The van der Waals surface area contributed by atoms with Gasteiger partial charge in [-0.1, -0.05) is 29.0 Å². The molecular formula is C19H17ClN2O3S. The van der Waals surface area contributed by atoms with E-state index in [4.69, 9.17) is 16.3 Å². The molecule has 0 bridgehead atoms. The maximum atomic E-state index is 12.5. The van der Waals surface area contributed by atoms with Gasteiger partial charge >= 0.3 is 5.97 Å². The summed E-state index contributed by atoms with van der Waals surface area (Å²) in [4.78, 5) is 29.1. The van der Waals surface area contributed by atoms with Crippen LogP contribution >= 0.6 is 22.9 Å². The molecule has 0 fully saturated rings. The van der Waals surface area contributed by atoms with Crippen molar-refractivity contribution in [1.82, 2.24) is 4.57 Å². The van der Waals surface area contributed by atoms with Crippen molar-refractivity contribution in [2.75, 3.05) is 7.11 Å². The Kier molecular flexibility index (Phi) is 5.25. The first-order valence-corrected chi connectivity index (χ1v) is 9.10. The van der Waals surface area contributed by atoms with Gasteiger partial charge in [-0.2, -0.15) is 4.99 Å². The Morgan fingerprint density at radius 1 is 1.19 bits per heavy atom. The third-order valence-electron chi connectivity index (χ3n) is 4.08. The summed E-state index contributed by atoms with van der Waals surface area (Å²) in [5.74, 6) is -0.814. The van der Waals surface area contributed by atoms with Gasteiger partial charge in [0.25, 0.3) is 5.91 Å². The summed E-state index contributed by atoms with van der Waals surface area (Å²) in [7, 11) is 1.33. The van der Waals surface area contributed by atoms with Gasteiger partial charge in [0.1, 0.15) is 6.54 Å². The zero-order chi connectivity index (χ0) is 18.8. The molecule has 26 heavy (non-hydrogen) atoms. The van der Waals surface area contributed by atoms with E-state index >= 15 is 0 Å². The first kappa shape index (κ1) is 18.4. The topological polar surface area (TPSA) is 60.7 Å². The van der Waals surface area contributed by atoms with Crippen LogP contribution in [-0.4, -0.2) is 23.6 Å². The quantitative estimate of drug-likeness (QED) is 0.639. The van der Waals surface area contributed by atoms with Crippen LogP contribution in [0, 0.1) is 13.8 Å². The molecule has 0 saturated heterocycles. The third kappa shape index (κ3) is 3.71. The van der Waals surface area contributed by atoms with Crippen molar-refractivity contribution < 1.29 is 14.3 Å². The van der Waals surface area contributed by atoms with Crippen LogP contribution in [0.3, 0.4) is 0 Å². The van der Waals surface area contributed by atoms with Gasteiger partial charge in [-0.15, -0.1) is 0 Å². The van der Waals surface area contributed by atoms with Crippen molar-refractivity contribution in [1.29, 1.82) is 0 Å². The lowest BCUT2D eigenvalue weighted by atomic mass is 10.1. The Morgan fingerprint density at radius 2 is 1.92 bits per heavy atom. The molecule has 0 atom stereocenters. The molecule has 3 rings (SSSR count). The van der Waals surface area contributed by atoms with Crippen LogP contribution in [-0.2, 0) is 16.1 Å². The number of esters is 1. The SMILES string of the molecule is COC(=O)Cn1c(=NC(=O)c2cccc(Cl)c2)sc2cc(C)c(C)cc21. The molecule has 0 saturated carbocycles. The Bertz CT molecular complexity index is 1080. The second kappa shape index (κ2) is 7.43. The van der Waals surface area contributed by atoms with Crippen molar-refractivity contribution >= 4 is 45.0 Å². The molecule has 1 aromatic heterocycles. The Morgan fingerprint density at radius 3 is 2.62 bits per heavy atom. The molecule has 2 aromatic carbocycles. The van der Waals surface area contributed by atoms with Crippen LogP contribution in [0.4, 0.5) is 0 Å². The Labute approximate surface area is 159 Å². The molecule has 0 aliphatic rings. The lowest BCUT2D eigenvalue weighted by Gasteiger charge is -2.05. The van der Waals surface area contributed by atoms with Crippen LogP contribution < -0.4 is 4.80 Å². The second-order valence-corrected chi connectivity index (χ2v) is 7.32. The molecule has 7 heteroatoms. The maximum absolute atomic E-state index is 12.5. The molecule has 5 nitrogen and oxygen atoms in total. The van der Waals surface area contributed by atoms with Gasteiger partial charge in [0, 0.05) is 10.6 Å². The summed E-state index contributed by atoms with van der Waals surface area (Å²) in [6.07, 6.45) is 0. The van der Waals surface area contributed by atoms with Gasteiger partial charge in [-0.3, -0.25) is 9.59 Å². The van der Waals surface area contributed by atoms with Crippen molar-refractivity contribution in [3.63, 3.8) is 0 Å². The minimum atomic E-state index is -0.411. The van der Waals surface area contributed by atoms with Gasteiger partial charge in [0.05, 0.1) is 17.3 Å². The highest BCUT2D eigenvalue weighted by Crippen LogP contribution is 2.22. The number of halogens is 1. The van der Waals surface area contributed by atoms with E-state index in [2.05, 4.69) is 4.99 Å². The lowest BCUT2D eigenvalue weighted by molar-refractivity contribution is -0.141. The first-order valence-electron chi connectivity index (χ1n) is 7.91. The summed E-state index contributed by atoms with van der Waals surface area (Å²) in [5.41, 5.74) is 3.48. The van der Waals surface area contributed by atoms with Crippen LogP contribution in [0.5, 0.6) is 0 Å².